The molecule has 0 saturated heterocycles. The van der Waals surface area contributed by atoms with Gasteiger partial charge in [0.2, 0.25) is 5.88 Å². The molecule has 9 nitrogen and oxygen atoms in total. The number of hydrogen-bond acceptors (Lipinski definition) is 8. The third-order valence-electron chi connectivity index (χ3n) is 4.30. The molecule has 4 rings (SSSR count). The van der Waals surface area contributed by atoms with Gasteiger partial charge in [0.1, 0.15) is 12.9 Å². The topological polar surface area (TPSA) is 93.4 Å². The highest BCUT2D eigenvalue weighted by Crippen LogP contribution is 2.21. The zero-order valence-electron chi connectivity index (χ0n) is 16.8. The Morgan fingerprint density at radius 1 is 1.07 bits per heavy atom. The molecule has 152 valence electrons. The largest absolute Gasteiger partial charge is 0.476 e. The van der Waals surface area contributed by atoms with Gasteiger partial charge in [-0.2, -0.15) is 10.2 Å². The lowest BCUT2D eigenvalue weighted by atomic mass is 10.3. The molecule has 1 N–H and O–H groups in total. The number of ether oxygens (including phenoxy) is 1. The third-order valence-corrected chi connectivity index (χ3v) is 4.30. The molecule has 9 heteroatoms. The summed E-state index contributed by atoms with van der Waals surface area (Å²) in [5, 5.41) is 9.48. The van der Waals surface area contributed by atoms with E-state index in [0.29, 0.717) is 24.0 Å². The van der Waals surface area contributed by atoms with E-state index in [1.807, 2.05) is 56.6 Å². The number of hydrazone groups is 1. The number of anilines is 1. The van der Waals surface area contributed by atoms with Crippen LogP contribution in [0, 0.1) is 0 Å². The summed E-state index contributed by atoms with van der Waals surface area (Å²) in [5.74, 6) is 1.17. The second-order valence-electron chi connectivity index (χ2n) is 6.80. The molecule has 0 saturated carbocycles. The molecule has 0 aliphatic rings. The number of nitrogens with one attached hydrogen (secondary N) is 1. The second kappa shape index (κ2) is 9.10. The van der Waals surface area contributed by atoms with E-state index in [9.17, 15) is 0 Å². The van der Waals surface area contributed by atoms with Gasteiger partial charge in [-0.05, 0) is 32.3 Å². The van der Waals surface area contributed by atoms with Crippen LogP contribution in [0.2, 0.25) is 0 Å². The fraction of sp³-hybridized carbons (Fsp3) is 0.190. The van der Waals surface area contributed by atoms with Crippen LogP contribution in [-0.2, 0) is 0 Å². The Bertz CT molecular complexity index is 1120. The summed E-state index contributed by atoms with van der Waals surface area (Å²) in [6.45, 7) is 1.43. The predicted octanol–water partition coefficient (Wildman–Crippen LogP) is 2.60. The van der Waals surface area contributed by atoms with Gasteiger partial charge in [0.25, 0.3) is 0 Å². The Morgan fingerprint density at radius 3 is 2.70 bits per heavy atom. The minimum absolute atomic E-state index is 0.579. The summed E-state index contributed by atoms with van der Waals surface area (Å²) >= 11 is 0. The molecule has 3 aromatic heterocycles. The zero-order valence-corrected chi connectivity index (χ0v) is 16.8. The Morgan fingerprint density at radius 2 is 1.93 bits per heavy atom. The van der Waals surface area contributed by atoms with Gasteiger partial charge < -0.3 is 9.64 Å². The van der Waals surface area contributed by atoms with Crippen molar-refractivity contribution >= 4 is 23.1 Å². The van der Waals surface area contributed by atoms with E-state index in [1.54, 1.807) is 23.3 Å². The van der Waals surface area contributed by atoms with Crippen LogP contribution in [0.3, 0.4) is 0 Å². The minimum atomic E-state index is 0.579. The average Bonchev–Trinajstić information content (AvgIpc) is 3.20. The Labute approximate surface area is 174 Å². The maximum absolute atomic E-state index is 5.59. The average molecular weight is 402 g/mol. The van der Waals surface area contributed by atoms with E-state index in [0.717, 1.165) is 23.2 Å². The Balaban J connectivity index is 1.44. The first-order valence-electron chi connectivity index (χ1n) is 9.47. The molecule has 0 spiro atoms. The molecule has 3 heterocycles. The lowest BCUT2D eigenvalue weighted by Gasteiger charge is -2.10. The van der Waals surface area contributed by atoms with Gasteiger partial charge in [-0.15, -0.1) is 0 Å². The molecule has 0 fully saturated rings. The predicted molar refractivity (Wildman–Crippen MR) is 116 cm³/mol. The van der Waals surface area contributed by atoms with Gasteiger partial charge in [0.15, 0.2) is 11.5 Å². The van der Waals surface area contributed by atoms with Crippen LogP contribution >= 0.6 is 0 Å². The first-order valence-corrected chi connectivity index (χ1v) is 9.47. The fourth-order valence-electron chi connectivity index (χ4n) is 2.75. The lowest BCUT2D eigenvalue weighted by molar-refractivity contribution is 0.254. The van der Waals surface area contributed by atoms with Crippen molar-refractivity contribution in [2.45, 2.75) is 0 Å². The first-order chi connectivity index (χ1) is 14.7. The fourth-order valence-corrected chi connectivity index (χ4v) is 2.75. The molecule has 4 aromatic rings. The number of fused-ring (bicyclic) bond motifs is 1. The molecule has 1 aromatic carbocycles. The third kappa shape index (κ3) is 4.58. The van der Waals surface area contributed by atoms with Crippen molar-refractivity contribution in [2.24, 2.45) is 5.10 Å². The van der Waals surface area contributed by atoms with Crippen molar-refractivity contribution in [3.05, 3.63) is 66.7 Å². The monoisotopic (exact) mass is 402 g/mol. The highest BCUT2D eigenvalue weighted by Gasteiger charge is 2.10. The highest BCUT2D eigenvalue weighted by atomic mass is 16.5. The van der Waals surface area contributed by atoms with E-state index in [4.69, 9.17) is 4.74 Å². The molecule has 0 unspecified atom stereocenters. The van der Waals surface area contributed by atoms with Crippen LogP contribution < -0.4 is 10.2 Å². The van der Waals surface area contributed by atoms with Gasteiger partial charge in [-0.25, -0.2) is 19.6 Å². The summed E-state index contributed by atoms with van der Waals surface area (Å²) in [4.78, 5) is 15.0. The first kappa shape index (κ1) is 19.5. The van der Waals surface area contributed by atoms with Crippen LogP contribution in [0.1, 0.15) is 5.56 Å². The molecule has 0 radical (unpaired) electrons. The van der Waals surface area contributed by atoms with Gasteiger partial charge in [-0.3, -0.25) is 5.43 Å². The van der Waals surface area contributed by atoms with E-state index in [-0.39, 0.29) is 0 Å². The number of hydrogen-bond donors (Lipinski definition) is 1. The summed E-state index contributed by atoms with van der Waals surface area (Å²) < 4.78 is 7.36. The smallest absolute Gasteiger partial charge is 0.213 e. The van der Waals surface area contributed by atoms with E-state index >= 15 is 0 Å². The number of likely N-dealkylation sites (N-methyl/N-ethyl adjacent to an activating group) is 1. The normalized spacial score (nSPS) is 11.4. The number of aromatic nitrogens is 5. The Kier molecular flexibility index (Phi) is 5.90. The zero-order chi connectivity index (χ0) is 20.8. The maximum Gasteiger partial charge on any atom is 0.213 e. The van der Waals surface area contributed by atoms with Crippen molar-refractivity contribution in [3.63, 3.8) is 0 Å². The van der Waals surface area contributed by atoms with Crippen molar-refractivity contribution in [2.75, 3.05) is 32.7 Å². The number of rotatable bonds is 8. The molecular formula is C21H22N8O. The number of nitrogens with zero attached hydrogens (tertiary/aromatic N) is 7. The van der Waals surface area contributed by atoms with Crippen molar-refractivity contribution in [3.8, 4) is 11.6 Å². The van der Waals surface area contributed by atoms with Gasteiger partial charge in [-0.1, -0.05) is 18.2 Å². The molecule has 30 heavy (non-hydrogen) atoms. The van der Waals surface area contributed by atoms with Crippen LogP contribution in [0.5, 0.6) is 5.88 Å². The van der Waals surface area contributed by atoms with Crippen molar-refractivity contribution < 1.29 is 4.74 Å². The number of para-hydroxylation sites is 1. The van der Waals surface area contributed by atoms with E-state index in [2.05, 4.69) is 35.5 Å². The standard InChI is InChI=1S/C21H22N8O/c1-28(2)10-11-30-19-9-8-16(12-22-19)13-25-27-20-18-14-26-29(21(18)24-15-23-20)17-6-4-3-5-7-17/h3-9,12-15H,10-11H2,1-2H3,(H,23,24,27). The number of benzene rings is 1. The quantitative estimate of drug-likeness (QED) is 0.358. The minimum Gasteiger partial charge on any atom is -0.476 e. The second-order valence-corrected chi connectivity index (χ2v) is 6.80. The summed E-state index contributed by atoms with van der Waals surface area (Å²) in [6, 6.07) is 13.5. The van der Waals surface area contributed by atoms with Crippen LogP contribution in [0.25, 0.3) is 16.7 Å². The molecule has 0 aliphatic heterocycles. The number of pyridine rings is 1. The van der Waals surface area contributed by atoms with E-state index < -0.39 is 0 Å². The summed E-state index contributed by atoms with van der Waals surface area (Å²) in [5.41, 5.74) is 5.44. The summed E-state index contributed by atoms with van der Waals surface area (Å²) in [7, 11) is 4.00. The van der Waals surface area contributed by atoms with Crippen molar-refractivity contribution in [1.82, 2.24) is 29.6 Å². The molecular weight excluding hydrogens is 380 g/mol. The van der Waals surface area contributed by atoms with Crippen LogP contribution in [0.15, 0.2) is 66.3 Å². The molecule has 0 aliphatic carbocycles. The van der Waals surface area contributed by atoms with Crippen LogP contribution in [0.4, 0.5) is 5.82 Å². The molecule has 0 atom stereocenters. The molecule has 0 amide bonds. The van der Waals surface area contributed by atoms with Crippen molar-refractivity contribution in [1.29, 1.82) is 0 Å². The van der Waals surface area contributed by atoms with E-state index in [1.165, 1.54) is 6.33 Å². The highest BCUT2D eigenvalue weighted by molar-refractivity contribution is 5.88. The lowest BCUT2D eigenvalue weighted by Crippen LogP contribution is -2.19. The summed E-state index contributed by atoms with van der Waals surface area (Å²) in [6.07, 6.45) is 6.59. The van der Waals surface area contributed by atoms with Gasteiger partial charge in [0.05, 0.1) is 23.5 Å². The maximum atomic E-state index is 5.59. The van der Waals surface area contributed by atoms with Gasteiger partial charge >= 0.3 is 0 Å². The van der Waals surface area contributed by atoms with Crippen LogP contribution in [-0.4, -0.2) is 63.1 Å². The SMILES string of the molecule is CN(C)CCOc1ccc(C=NNc2ncnc3c2cnn3-c2ccccc2)cn1. The molecule has 0 bridgehead atoms. The Hall–Kier alpha value is -3.85. The van der Waals surface area contributed by atoms with Gasteiger partial charge in [0, 0.05) is 24.4 Å².